The van der Waals surface area contributed by atoms with E-state index in [9.17, 15) is 27.3 Å². The first-order valence-corrected chi connectivity index (χ1v) is 6.09. The molecule has 18 heavy (non-hydrogen) atoms. The molecule has 3 N–H and O–H groups in total. The average molecular weight is 281 g/mol. The van der Waals surface area contributed by atoms with Crippen LogP contribution in [0.2, 0.25) is 0 Å². The minimum Gasteiger partial charge on any atom is -0.374 e. The van der Waals surface area contributed by atoms with E-state index in [-0.39, 0.29) is 5.69 Å². The highest BCUT2D eigenvalue weighted by molar-refractivity contribution is 7.89. The summed E-state index contributed by atoms with van der Waals surface area (Å²) in [4.78, 5) is 9.34. The van der Waals surface area contributed by atoms with E-state index < -0.39 is 38.5 Å². The van der Waals surface area contributed by atoms with E-state index in [4.69, 9.17) is 5.14 Å². The van der Waals surface area contributed by atoms with Crippen molar-refractivity contribution in [3.8, 4) is 0 Å². The molecule has 1 rings (SSSR count). The van der Waals surface area contributed by atoms with Crippen LogP contribution in [0.25, 0.3) is 0 Å². The van der Waals surface area contributed by atoms with Gasteiger partial charge in [-0.1, -0.05) is 0 Å². The van der Waals surface area contributed by atoms with Gasteiger partial charge in [0.2, 0.25) is 10.0 Å². The number of nitro groups is 1. The number of nitrogens with zero attached hydrogens (tertiary/aromatic N) is 1. The second-order valence-corrected chi connectivity index (χ2v) is 4.81. The highest BCUT2D eigenvalue weighted by Crippen LogP contribution is 2.27. The van der Waals surface area contributed by atoms with Crippen LogP contribution in [0.15, 0.2) is 23.1 Å². The molecule has 10 heteroatoms. The maximum Gasteiger partial charge on any atom is 0.293 e. The van der Waals surface area contributed by atoms with Gasteiger partial charge in [-0.3, -0.25) is 10.1 Å². The lowest BCUT2D eigenvalue weighted by Gasteiger charge is -2.07. The van der Waals surface area contributed by atoms with Gasteiger partial charge in [0.1, 0.15) is 5.69 Å². The minimum absolute atomic E-state index is 0.201. The first-order chi connectivity index (χ1) is 8.21. The number of primary sulfonamides is 1. The number of alkyl halides is 2. The third-order valence-electron chi connectivity index (χ3n) is 1.94. The van der Waals surface area contributed by atoms with Gasteiger partial charge in [-0.25, -0.2) is 22.3 Å². The van der Waals surface area contributed by atoms with Crippen LogP contribution in [0.5, 0.6) is 0 Å². The zero-order valence-electron chi connectivity index (χ0n) is 8.84. The topological polar surface area (TPSA) is 115 Å². The fourth-order valence-electron chi connectivity index (χ4n) is 1.18. The monoisotopic (exact) mass is 281 g/mol. The molecule has 0 atom stereocenters. The third kappa shape index (κ3) is 3.60. The van der Waals surface area contributed by atoms with Gasteiger partial charge >= 0.3 is 0 Å². The van der Waals surface area contributed by atoms with Crippen LogP contribution >= 0.6 is 0 Å². The summed E-state index contributed by atoms with van der Waals surface area (Å²) in [6.07, 6.45) is -2.69. The smallest absolute Gasteiger partial charge is 0.293 e. The number of hydrogen-bond acceptors (Lipinski definition) is 5. The number of nitro benzene ring substituents is 1. The molecular weight excluding hydrogens is 272 g/mol. The van der Waals surface area contributed by atoms with E-state index in [0.29, 0.717) is 6.07 Å². The van der Waals surface area contributed by atoms with Gasteiger partial charge in [-0.2, -0.15) is 0 Å². The van der Waals surface area contributed by atoms with Gasteiger partial charge in [0.15, 0.2) is 0 Å². The Morgan fingerprint density at radius 3 is 2.50 bits per heavy atom. The predicted molar refractivity (Wildman–Crippen MR) is 59.0 cm³/mol. The van der Waals surface area contributed by atoms with Crippen molar-refractivity contribution >= 4 is 21.4 Å². The third-order valence-corrected chi connectivity index (χ3v) is 2.85. The molecule has 0 spiro atoms. The molecule has 0 bridgehead atoms. The largest absolute Gasteiger partial charge is 0.374 e. The Bertz CT molecular complexity index is 561. The van der Waals surface area contributed by atoms with Crippen LogP contribution in [0.1, 0.15) is 0 Å². The molecule has 0 aliphatic rings. The quantitative estimate of drug-likeness (QED) is 0.615. The lowest BCUT2D eigenvalue weighted by Crippen LogP contribution is -2.14. The summed E-state index contributed by atoms with van der Waals surface area (Å²) < 4.78 is 45.9. The molecule has 0 amide bonds. The molecule has 100 valence electrons. The Balaban J connectivity index is 3.17. The Morgan fingerprint density at radius 2 is 2.06 bits per heavy atom. The van der Waals surface area contributed by atoms with Crippen LogP contribution in [0.3, 0.4) is 0 Å². The Kier molecular flexibility index (Phi) is 4.14. The zero-order valence-corrected chi connectivity index (χ0v) is 9.65. The summed E-state index contributed by atoms with van der Waals surface area (Å²) in [7, 11) is -4.09. The summed E-state index contributed by atoms with van der Waals surface area (Å²) in [5.41, 5.74) is -0.838. The number of rotatable bonds is 5. The number of nitrogens with two attached hydrogens (primary N) is 1. The summed E-state index contributed by atoms with van der Waals surface area (Å²) >= 11 is 0. The molecule has 0 heterocycles. The van der Waals surface area contributed by atoms with Gasteiger partial charge in [0.25, 0.3) is 12.1 Å². The van der Waals surface area contributed by atoms with Crippen LogP contribution in [-0.2, 0) is 10.0 Å². The molecule has 0 saturated carbocycles. The highest BCUT2D eigenvalue weighted by Gasteiger charge is 2.19. The number of benzene rings is 1. The maximum absolute atomic E-state index is 12.0. The van der Waals surface area contributed by atoms with E-state index in [1.54, 1.807) is 0 Å². The van der Waals surface area contributed by atoms with Crippen LogP contribution in [0.4, 0.5) is 20.2 Å². The molecular formula is C8H9F2N3O4S. The molecule has 0 saturated heterocycles. The van der Waals surface area contributed by atoms with Crippen molar-refractivity contribution in [2.45, 2.75) is 11.3 Å². The average Bonchev–Trinajstić information content (AvgIpc) is 2.24. The van der Waals surface area contributed by atoms with Crippen molar-refractivity contribution in [3.05, 3.63) is 28.3 Å². The van der Waals surface area contributed by atoms with Gasteiger partial charge in [-0.15, -0.1) is 0 Å². The van der Waals surface area contributed by atoms with Gasteiger partial charge < -0.3 is 5.32 Å². The van der Waals surface area contributed by atoms with E-state index in [0.717, 1.165) is 12.1 Å². The Hall–Kier alpha value is -1.81. The predicted octanol–water partition coefficient (Wildman–Crippen LogP) is 0.919. The molecule has 0 aliphatic carbocycles. The van der Waals surface area contributed by atoms with E-state index in [1.807, 2.05) is 0 Å². The number of anilines is 1. The standard InChI is InChI=1S/C8H9F2N3O4S/c9-8(10)4-12-6-2-1-5(18(11,16)17)3-7(6)13(14)15/h1-3,8,12H,4H2,(H2,11,16,17). The normalized spacial score (nSPS) is 11.6. The molecule has 1 aromatic rings. The summed E-state index contributed by atoms with van der Waals surface area (Å²) in [6.45, 7) is -0.782. The van der Waals surface area contributed by atoms with Crippen molar-refractivity contribution < 1.29 is 22.1 Å². The molecule has 0 radical (unpaired) electrons. The number of hydrogen-bond donors (Lipinski definition) is 2. The lowest BCUT2D eigenvalue weighted by molar-refractivity contribution is -0.384. The van der Waals surface area contributed by atoms with Crippen molar-refractivity contribution in [1.82, 2.24) is 0 Å². The van der Waals surface area contributed by atoms with Crippen LogP contribution in [0, 0.1) is 10.1 Å². The van der Waals surface area contributed by atoms with Crippen molar-refractivity contribution in [2.24, 2.45) is 5.14 Å². The summed E-state index contributed by atoms with van der Waals surface area (Å²) in [5, 5.41) is 17.6. The van der Waals surface area contributed by atoms with Gasteiger partial charge in [0.05, 0.1) is 16.4 Å². The molecule has 1 aromatic carbocycles. The number of nitrogens with one attached hydrogen (secondary N) is 1. The van der Waals surface area contributed by atoms with Crippen molar-refractivity contribution in [2.75, 3.05) is 11.9 Å². The molecule has 0 aliphatic heterocycles. The Labute approximate surface area is 101 Å². The SMILES string of the molecule is NS(=O)(=O)c1ccc(NCC(F)F)c([N+](=O)[O-])c1. The fraction of sp³-hybridized carbons (Fsp3) is 0.250. The van der Waals surface area contributed by atoms with Crippen molar-refractivity contribution in [3.63, 3.8) is 0 Å². The van der Waals surface area contributed by atoms with E-state index in [1.165, 1.54) is 0 Å². The highest BCUT2D eigenvalue weighted by atomic mass is 32.2. The zero-order chi connectivity index (χ0) is 13.9. The summed E-state index contributed by atoms with van der Waals surface area (Å²) in [5.74, 6) is 0. The first kappa shape index (κ1) is 14.3. The maximum atomic E-state index is 12.0. The van der Waals surface area contributed by atoms with Gasteiger partial charge in [-0.05, 0) is 12.1 Å². The summed E-state index contributed by atoms with van der Waals surface area (Å²) in [6, 6.07) is 2.72. The second-order valence-electron chi connectivity index (χ2n) is 3.25. The van der Waals surface area contributed by atoms with Crippen LogP contribution in [-0.4, -0.2) is 26.3 Å². The first-order valence-electron chi connectivity index (χ1n) is 4.55. The van der Waals surface area contributed by atoms with E-state index >= 15 is 0 Å². The number of halogens is 2. The Morgan fingerprint density at radius 1 is 1.44 bits per heavy atom. The van der Waals surface area contributed by atoms with Crippen molar-refractivity contribution in [1.29, 1.82) is 0 Å². The van der Waals surface area contributed by atoms with E-state index in [2.05, 4.69) is 5.32 Å². The molecule has 0 aromatic heterocycles. The molecule has 0 fully saturated rings. The van der Waals surface area contributed by atoms with Gasteiger partial charge in [0, 0.05) is 6.07 Å². The second kappa shape index (κ2) is 5.23. The van der Waals surface area contributed by atoms with Crippen LogP contribution < -0.4 is 10.5 Å². The molecule has 0 unspecified atom stereocenters. The molecule has 7 nitrogen and oxygen atoms in total. The fourth-order valence-corrected chi connectivity index (χ4v) is 1.71. The lowest BCUT2D eigenvalue weighted by atomic mass is 10.2. The minimum atomic E-state index is -4.09. The number of sulfonamides is 1.